The van der Waals surface area contributed by atoms with Crippen LogP contribution in [-0.2, 0) is 6.42 Å². The van der Waals surface area contributed by atoms with E-state index in [1.54, 1.807) is 6.20 Å². The maximum atomic E-state index is 4.51. The molecule has 292 valence electrons. The number of likely N-dealkylation sites (tertiary alicyclic amines) is 1. The van der Waals surface area contributed by atoms with Crippen molar-refractivity contribution >= 4 is 22.4 Å². The van der Waals surface area contributed by atoms with Crippen LogP contribution >= 0.6 is 0 Å². The van der Waals surface area contributed by atoms with Crippen molar-refractivity contribution in [1.29, 1.82) is 0 Å². The van der Waals surface area contributed by atoms with Crippen molar-refractivity contribution in [3.05, 3.63) is 140 Å². The first-order valence-electron chi connectivity index (χ1n) is 20.8. The maximum Gasteiger partial charge on any atom is 0.111 e. The van der Waals surface area contributed by atoms with E-state index in [9.17, 15) is 0 Å². The topological polar surface area (TPSA) is 64.5 Å². The molecule has 1 atom stereocenters. The summed E-state index contributed by atoms with van der Waals surface area (Å²) in [5.41, 5.74) is 13.2. The molecule has 56 heavy (non-hydrogen) atoms. The number of hydrogen-bond acceptors (Lipinski definition) is 7. The first kappa shape index (κ1) is 38.9. The van der Waals surface area contributed by atoms with Gasteiger partial charge in [-0.3, -0.25) is 0 Å². The Kier molecular flexibility index (Phi) is 12.6. The smallest absolute Gasteiger partial charge is 0.111 e. The SMILES string of the molecule is C=C1CCC(N2CCc3c(N4CCC(N5CCC(c6ccc(-n7ccc8nnc(-c9ccccc9)cc87)cc6)CC5)CC4)cccc32)C(=C)N1.C=CNC.CC. The molecule has 0 amide bonds. The Bertz CT molecular complexity index is 2090. The minimum Gasteiger partial charge on any atom is -0.394 e. The molecular formula is C48H60N8. The normalized spacial score (nSPS) is 19.0. The molecule has 4 aliphatic rings. The van der Waals surface area contributed by atoms with Crippen molar-refractivity contribution < 1.29 is 0 Å². The fourth-order valence-electron chi connectivity index (χ4n) is 9.14. The van der Waals surface area contributed by atoms with Crippen molar-refractivity contribution in [2.75, 3.05) is 49.6 Å². The number of nitrogens with zero attached hydrogens (tertiary/aromatic N) is 6. The summed E-state index contributed by atoms with van der Waals surface area (Å²) < 4.78 is 2.23. The lowest BCUT2D eigenvalue weighted by Gasteiger charge is -2.43. The molecule has 8 nitrogen and oxygen atoms in total. The van der Waals surface area contributed by atoms with Crippen LogP contribution in [0, 0.1) is 0 Å². The fraction of sp³-hybridized carbons (Fsp3) is 0.375. The second kappa shape index (κ2) is 18.1. The van der Waals surface area contributed by atoms with Gasteiger partial charge in [-0.15, -0.1) is 10.2 Å². The molecule has 1 unspecified atom stereocenters. The third-order valence-electron chi connectivity index (χ3n) is 12.1. The molecule has 5 aromatic rings. The van der Waals surface area contributed by atoms with E-state index >= 15 is 0 Å². The van der Waals surface area contributed by atoms with Gasteiger partial charge in [-0.05, 0) is 112 Å². The average Bonchev–Trinajstić information content (AvgIpc) is 3.90. The third-order valence-corrected chi connectivity index (χ3v) is 12.1. The summed E-state index contributed by atoms with van der Waals surface area (Å²) in [4.78, 5) is 8.06. The highest BCUT2D eigenvalue weighted by Gasteiger charge is 2.34. The molecule has 0 radical (unpaired) electrons. The van der Waals surface area contributed by atoms with E-state index in [1.807, 2.05) is 39.1 Å². The predicted molar refractivity (Wildman–Crippen MR) is 236 cm³/mol. The molecule has 3 fully saturated rings. The molecule has 0 aliphatic carbocycles. The highest BCUT2D eigenvalue weighted by molar-refractivity contribution is 5.81. The van der Waals surface area contributed by atoms with Crippen molar-refractivity contribution in [2.24, 2.45) is 0 Å². The van der Waals surface area contributed by atoms with Crippen molar-refractivity contribution in [1.82, 2.24) is 30.3 Å². The van der Waals surface area contributed by atoms with Gasteiger partial charge in [0.2, 0.25) is 0 Å². The van der Waals surface area contributed by atoms with Gasteiger partial charge in [0.15, 0.2) is 0 Å². The van der Waals surface area contributed by atoms with E-state index in [0.717, 1.165) is 72.6 Å². The van der Waals surface area contributed by atoms with Crippen molar-refractivity contribution in [2.45, 2.75) is 76.8 Å². The summed E-state index contributed by atoms with van der Waals surface area (Å²) >= 11 is 0. The van der Waals surface area contributed by atoms with Crippen LogP contribution in [0.25, 0.3) is 28.0 Å². The zero-order chi connectivity index (χ0) is 39.0. The lowest BCUT2D eigenvalue weighted by Crippen LogP contribution is -2.47. The fourth-order valence-corrected chi connectivity index (χ4v) is 9.14. The zero-order valence-electron chi connectivity index (χ0n) is 33.8. The largest absolute Gasteiger partial charge is 0.394 e. The first-order valence-corrected chi connectivity index (χ1v) is 20.8. The molecule has 2 N–H and O–H groups in total. The molecule has 2 aromatic heterocycles. The monoisotopic (exact) mass is 748 g/mol. The Morgan fingerprint density at radius 3 is 2.18 bits per heavy atom. The van der Waals surface area contributed by atoms with Gasteiger partial charge in [0.05, 0.1) is 17.3 Å². The van der Waals surface area contributed by atoms with E-state index in [4.69, 9.17) is 0 Å². The van der Waals surface area contributed by atoms with Crippen LogP contribution in [0.15, 0.2) is 128 Å². The van der Waals surface area contributed by atoms with E-state index in [2.05, 4.69) is 133 Å². The summed E-state index contributed by atoms with van der Waals surface area (Å²) in [5.74, 6) is 0.626. The number of benzene rings is 3. The van der Waals surface area contributed by atoms with E-state index in [0.29, 0.717) is 18.0 Å². The summed E-state index contributed by atoms with van der Waals surface area (Å²) in [6.45, 7) is 21.6. The van der Waals surface area contributed by atoms with E-state index in [1.165, 1.54) is 67.0 Å². The highest BCUT2D eigenvalue weighted by atomic mass is 15.2. The highest BCUT2D eigenvalue weighted by Crippen LogP contribution is 2.40. The third kappa shape index (κ3) is 8.26. The van der Waals surface area contributed by atoms with Gasteiger partial charge in [0.25, 0.3) is 0 Å². The van der Waals surface area contributed by atoms with E-state index in [-0.39, 0.29) is 0 Å². The molecule has 0 bridgehead atoms. The molecule has 6 heterocycles. The van der Waals surface area contributed by atoms with Crippen molar-refractivity contribution in [3.8, 4) is 16.9 Å². The molecule has 0 saturated carbocycles. The predicted octanol–water partition coefficient (Wildman–Crippen LogP) is 9.45. The summed E-state index contributed by atoms with van der Waals surface area (Å²) in [6, 6.07) is 31.7. The zero-order valence-corrected chi connectivity index (χ0v) is 33.8. The Morgan fingerprint density at radius 1 is 0.768 bits per heavy atom. The Labute approximate surface area is 334 Å². The van der Waals surface area contributed by atoms with Crippen LogP contribution in [0.3, 0.4) is 0 Å². The second-order valence-electron chi connectivity index (χ2n) is 15.2. The van der Waals surface area contributed by atoms with Crippen LogP contribution in [0.5, 0.6) is 0 Å². The van der Waals surface area contributed by atoms with Gasteiger partial charge >= 0.3 is 0 Å². The number of fused-ring (bicyclic) bond motifs is 2. The molecule has 3 saturated heterocycles. The van der Waals surface area contributed by atoms with Gasteiger partial charge in [0, 0.05) is 78.5 Å². The number of piperidine rings is 3. The van der Waals surface area contributed by atoms with Crippen LogP contribution in [0.2, 0.25) is 0 Å². The lowest BCUT2D eigenvalue weighted by atomic mass is 9.88. The molecular weight excluding hydrogens is 689 g/mol. The maximum absolute atomic E-state index is 4.51. The quantitative estimate of drug-likeness (QED) is 0.172. The summed E-state index contributed by atoms with van der Waals surface area (Å²) in [6.07, 6.45) is 11.9. The number of anilines is 2. The number of allylic oxidation sites excluding steroid dienone is 1. The molecule has 9 rings (SSSR count). The lowest BCUT2D eigenvalue weighted by molar-refractivity contribution is 0.132. The summed E-state index contributed by atoms with van der Waals surface area (Å²) in [7, 11) is 1.81. The van der Waals surface area contributed by atoms with Gasteiger partial charge < -0.3 is 29.9 Å². The Balaban J connectivity index is 0.000000755. The van der Waals surface area contributed by atoms with Gasteiger partial charge in [0.1, 0.15) is 5.52 Å². The van der Waals surface area contributed by atoms with Gasteiger partial charge in [-0.25, -0.2) is 0 Å². The average molecular weight is 749 g/mol. The van der Waals surface area contributed by atoms with E-state index < -0.39 is 0 Å². The van der Waals surface area contributed by atoms with Gasteiger partial charge in [-0.2, -0.15) is 0 Å². The standard InChI is InChI=1S/C43H47N7.C3H7N.C2H6/c1-30-11-16-40(31(2)44-30)50-27-21-37-41(9-6-10-42(37)50)48-25-19-35(20-26-48)47-23-17-33(18-24-47)32-12-14-36(15-13-32)49-28-22-38-43(49)29-39(46-45-38)34-7-4-3-5-8-34;1-3-4-2;1-2/h3-10,12-15,22,28-29,33,35,40,44H,1-2,11,16-21,23-27H2;3-4H,1H2,2H3;1-2H3. The van der Waals surface area contributed by atoms with Gasteiger partial charge in [-0.1, -0.05) is 82.1 Å². The minimum atomic E-state index is 0.354. The number of hydrogen-bond donors (Lipinski definition) is 2. The molecule has 8 heteroatoms. The van der Waals surface area contributed by atoms with Crippen LogP contribution in [0.1, 0.15) is 69.4 Å². The number of aromatic nitrogens is 3. The number of nitrogens with one attached hydrogen (secondary N) is 2. The molecule has 0 spiro atoms. The Hall–Kier alpha value is -5.34. The van der Waals surface area contributed by atoms with Crippen molar-refractivity contribution in [3.63, 3.8) is 0 Å². The first-order chi connectivity index (χ1) is 27.5. The molecule has 3 aromatic carbocycles. The number of rotatable bonds is 7. The van der Waals surface area contributed by atoms with Crippen LogP contribution in [-0.4, -0.2) is 71.5 Å². The molecule has 4 aliphatic heterocycles. The Morgan fingerprint density at radius 2 is 1.48 bits per heavy atom. The second-order valence-corrected chi connectivity index (χ2v) is 15.2. The van der Waals surface area contributed by atoms with Crippen LogP contribution in [0.4, 0.5) is 11.4 Å². The minimum absolute atomic E-state index is 0.354. The summed E-state index contributed by atoms with van der Waals surface area (Å²) in [5, 5.41) is 15.1. The van der Waals surface area contributed by atoms with Crippen LogP contribution < -0.4 is 20.4 Å².